The summed E-state index contributed by atoms with van der Waals surface area (Å²) in [6.07, 6.45) is 2.82. The van der Waals surface area contributed by atoms with Crippen molar-refractivity contribution in [1.82, 2.24) is 9.88 Å². The fraction of sp³-hybridized carbons (Fsp3) is 0.385. The molecule has 168 valence electrons. The second-order valence-electron chi connectivity index (χ2n) is 9.62. The van der Waals surface area contributed by atoms with Crippen LogP contribution in [0, 0.1) is 18.3 Å². The van der Waals surface area contributed by atoms with E-state index in [0.717, 1.165) is 45.7 Å². The van der Waals surface area contributed by atoms with Crippen LogP contribution in [-0.4, -0.2) is 40.6 Å². The van der Waals surface area contributed by atoms with Crippen LogP contribution in [0.5, 0.6) is 0 Å². The molecule has 0 bridgehead atoms. The lowest BCUT2D eigenvalue weighted by atomic mass is 9.89. The van der Waals surface area contributed by atoms with E-state index in [1.807, 2.05) is 54.3 Å². The Labute approximate surface area is 196 Å². The predicted molar refractivity (Wildman–Crippen MR) is 127 cm³/mol. The number of hydrogen-bond acceptors (Lipinski definition) is 5. The highest BCUT2D eigenvalue weighted by Gasteiger charge is 2.59. The number of anilines is 1. The molecule has 1 saturated heterocycles. The maximum atomic E-state index is 13.2. The molecule has 2 atom stereocenters. The summed E-state index contributed by atoms with van der Waals surface area (Å²) in [5.41, 5.74) is 3.26. The van der Waals surface area contributed by atoms with Gasteiger partial charge >= 0.3 is 0 Å². The summed E-state index contributed by atoms with van der Waals surface area (Å²) in [5, 5.41) is 4.09. The number of nitrogens with zero attached hydrogens (tertiary/aromatic N) is 2. The molecule has 2 heterocycles. The Bertz CT molecular complexity index is 1310. The van der Waals surface area contributed by atoms with Crippen molar-refractivity contribution in [3.05, 3.63) is 58.6 Å². The van der Waals surface area contributed by atoms with Crippen molar-refractivity contribution in [3.63, 3.8) is 0 Å². The van der Waals surface area contributed by atoms with Gasteiger partial charge in [0.25, 0.3) is 0 Å². The van der Waals surface area contributed by atoms with Crippen molar-refractivity contribution >= 4 is 44.8 Å². The van der Waals surface area contributed by atoms with Gasteiger partial charge in [0.1, 0.15) is 0 Å². The molecule has 3 aromatic rings. The topological polar surface area (TPSA) is 79.4 Å². The number of piperidine rings is 1. The van der Waals surface area contributed by atoms with E-state index in [4.69, 9.17) is 0 Å². The number of ketones is 1. The van der Waals surface area contributed by atoms with E-state index in [2.05, 4.69) is 10.3 Å². The molecular weight excluding hydrogens is 434 g/mol. The number of rotatable bonds is 3. The molecule has 2 aliphatic carbocycles. The van der Waals surface area contributed by atoms with Crippen LogP contribution in [0.1, 0.15) is 52.5 Å². The number of fused-ring (bicyclic) bond motifs is 2. The van der Waals surface area contributed by atoms with E-state index in [1.165, 1.54) is 0 Å². The molecule has 1 spiro atoms. The summed E-state index contributed by atoms with van der Waals surface area (Å²) in [5.74, 6) is -0.183. The SMILES string of the molecule is Cc1nc2cc(NC(=O)[C@@H]3CC34CCN(C(=O)[C@@H]3CC(=O)c5ccccc53)CC4)ccc2s1. The van der Waals surface area contributed by atoms with Crippen molar-refractivity contribution < 1.29 is 14.4 Å². The molecule has 7 heteroatoms. The number of likely N-dealkylation sites (tertiary alicyclic amines) is 1. The summed E-state index contributed by atoms with van der Waals surface area (Å²) < 4.78 is 1.12. The summed E-state index contributed by atoms with van der Waals surface area (Å²) in [7, 11) is 0. The predicted octanol–water partition coefficient (Wildman–Crippen LogP) is 4.54. The van der Waals surface area contributed by atoms with Gasteiger partial charge in [-0.15, -0.1) is 11.3 Å². The molecule has 3 aliphatic rings. The third-order valence-electron chi connectivity index (χ3n) is 7.66. The zero-order valence-corrected chi connectivity index (χ0v) is 19.3. The Hall–Kier alpha value is -3.06. The number of benzene rings is 2. The second-order valence-corrected chi connectivity index (χ2v) is 10.9. The number of aryl methyl sites for hydroxylation is 1. The molecule has 1 saturated carbocycles. The fourth-order valence-corrected chi connectivity index (χ4v) is 6.50. The van der Waals surface area contributed by atoms with Crippen molar-refractivity contribution in [3.8, 4) is 0 Å². The number of nitrogens with one attached hydrogen (secondary N) is 1. The number of hydrogen-bond donors (Lipinski definition) is 1. The normalized spacial score (nSPS) is 23.1. The van der Waals surface area contributed by atoms with Crippen LogP contribution in [0.3, 0.4) is 0 Å². The summed E-state index contributed by atoms with van der Waals surface area (Å²) >= 11 is 1.65. The molecule has 1 N–H and O–H groups in total. The van der Waals surface area contributed by atoms with Gasteiger partial charge < -0.3 is 10.2 Å². The standard InChI is InChI=1S/C26H25N3O3S/c1-15-27-21-12-16(6-7-23(21)33-15)28-24(31)20-14-26(20)8-10-29(11-9-26)25(32)19-13-22(30)18-5-3-2-4-17(18)19/h2-7,12,19-20H,8-11,13-14H2,1H3,(H,28,31)/t19-,20+/m1/s1. The Morgan fingerprint density at radius 2 is 1.94 bits per heavy atom. The quantitative estimate of drug-likeness (QED) is 0.624. The van der Waals surface area contributed by atoms with Crippen LogP contribution in [0.2, 0.25) is 0 Å². The highest BCUT2D eigenvalue weighted by Crippen LogP contribution is 2.60. The van der Waals surface area contributed by atoms with Gasteiger partial charge in [-0.1, -0.05) is 24.3 Å². The van der Waals surface area contributed by atoms with Crippen LogP contribution in [-0.2, 0) is 9.59 Å². The zero-order valence-electron chi connectivity index (χ0n) is 18.5. The van der Waals surface area contributed by atoms with E-state index >= 15 is 0 Å². The molecule has 0 radical (unpaired) electrons. The molecule has 0 unspecified atom stereocenters. The number of thiazole rings is 1. The smallest absolute Gasteiger partial charge is 0.230 e. The number of aromatic nitrogens is 1. The van der Waals surface area contributed by atoms with Crippen molar-refractivity contribution in [2.75, 3.05) is 18.4 Å². The molecule has 2 amide bonds. The fourth-order valence-electron chi connectivity index (χ4n) is 5.69. The van der Waals surface area contributed by atoms with Crippen LogP contribution in [0.25, 0.3) is 10.2 Å². The van der Waals surface area contributed by atoms with E-state index in [-0.39, 0.29) is 41.3 Å². The Balaban J connectivity index is 1.08. The number of amides is 2. The van der Waals surface area contributed by atoms with Crippen LogP contribution in [0.15, 0.2) is 42.5 Å². The first-order valence-electron chi connectivity index (χ1n) is 11.5. The maximum absolute atomic E-state index is 13.2. The maximum Gasteiger partial charge on any atom is 0.230 e. The van der Waals surface area contributed by atoms with Crippen LogP contribution >= 0.6 is 11.3 Å². The largest absolute Gasteiger partial charge is 0.342 e. The first-order valence-corrected chi connectivity index (χ1v) is 12.3. The number of carbonyl (C=O) groups is 3. The van der Waals surface area contributed by atoms with E-state index in [0.29, 0.717) is 18.7 Å². The van der Waals surface area contributed by atoms with Crippen LogP contribution < -0.4 is 5.32 Å². The molecular formula is C26H25N3O3S. The lowest BCUT2D eigenvalue weighted by Gasteiger charge is -2.34. The van der Waals surface area contributed by atoms with Crippen LogP contribution in [0.4, 0.5) is 5.69 Å². The first-order chi connectivity index (χ1) is 15.9. The molecule has 6 nitrogen and oxygen atoms in total. The zero-order chi connectivity index (χ0) is 22.7. The molecule has 2 fully saturated rings. The van der Waals surface area contributed by atoms with Crippen molar-refractivity contribution in [2.24, 2.45) is 11.3 Å². The highest BCUT2D eigenvalue weighted by molar-refractivity contribution is 7.18. The lowest BCUT2D eigenvalue weighted by Crippen LogP contribution is -2.42. The van der Waals surface area contributed by atoms with E-state index in [9.17, 15) is 14.4 Å². The van der Waals surface area contributed by atoms with Gasteiger partial charge in [-0.05, 0) is 55.4 Å². The molecule has 1 aliphatic heterocycles. The number of carbonyl (C=O) groups excluding carboxylic acids is 3. The minimum Gasteiger partial charge on any atom is -0.342 e. The molecule has 1 aromatic heterocycles. The van der Waals surface area contributed by atoms with Gasteiger partial charge in [0.2, 0.25) is 11.8 Å². The summed E-state index contributed by atoms with van der Waals surface area (Å²) in [4.78, 5) is 44.8. The van der Waals surface area contributed by atoms with Crippen molar-refractivity contribution in [1.29, 1.82) is 0 Å². The summed E-state index contributed by atoms with van der Waals surface area (Å²) in [6, 6.07) is 13.3. The number of Topliss-reactive ketones (excluding diaryl/α,β-unsaturated/α-hetero) is 1. The lowest BCUT2D eigenvalue weighted by molar-refractivity contribution is -0.134. The Morgan fingerprint density at radius 1 is 1.15 bits per heavy atom. The van der Waals surface area contributed by atoms with Gasteiger partial charge in [-0.3, -0.25) is 14.4 Å². The first kappa shape index (κ1) is 20.5. The van der Waals surface area contributed by atoms with Gasteiger partial charge in [0.05, 0.1) is 21.1 Å². The highest BCUT2D eigenvalue weighted by atomic mass is 32.1. The van der Waals surface area contributed by atoms with Gasteiger partial charge in [-0.25, -0.2) is 4.98 Å². The average molecular weight is 460 g/mol. The van der Waals surface area contributed by atoms with Gasteiger partial charge in [-0.2, -0.15) is 0 Å². The van der Waals surface area contributed by atoms with Crippen molar-refractivity contribution in [2.45, 2.75) is 38.5 Å². The van der Waals surface area contributed by atoms with Gasteiger partial charge in [0, 0.05) is 36.7 Å². The molecule has 6 rings (SSSR count). The second kappa shape index (κ2) is 7.48. The van der Waals surface area contributed by atoms with E-state index < -0.39 is 0 Å². The minimum absolute atomic E-state index is 0.00333. The molecule has 2 aromatic carbocycles. The van der Waals surface area contributed by atoms with E-state index in [1.54, 1.807) is 11.3 Å². The van der Waals surface area contributed by atoms with Gasteiger partial charge in [0.15, 0.2) is 5.78 Å². The third kappa shape index (κ3) is 3.46. The summed E-state index contributed by atoms with van der Waals surface area (Å²) in [6.45, 7) is 3.29. The Morgan fingerprint density at radius 3 is 2.76 bits per heavy atom. The minimum atomic E-state index is -0.356. The monoisotopic (exact) mass is 459 g/mol. The third-order valence-corrected chi connectivity index (χ3v) is 8.62. The molecule has 33 heavy (non-hydrogen) atoms. The average Bonchev–Trinajstić information content (AvgIpc) is 3.21. The Kier molecular flexibility index (Phi) is 4.66.